The fraction of sp³-hybridized carbons (Fsp3) is 0.346. The van der Waals surface area contributed by atoms with Crippen molar-refractivity contribution in [2.75, 3.05) is 44.4 Å². The first-order valence-electron chi connectivity index (χ1n) is 11.3. The van der Waals surface area contributed by atoms with Crippen molar-refractivity contribution in [3.63, 3.8) is 0 Å². The minimum Gasteiger partial charge on any atom is -0.374 e. The Bertz CT molecular complexity index is 1190. The van der Waals surface area contributed by atoms with Crippen molar-refractivity contribution < 1.29 is 9.59 Å². The molecule has 2 aromatic carbocycles. The molecule has 4 rings (SSSR count). The van der Waals surface area contributed by atoms with E-state index in [0.717, 1.165) is 41.5 Å². The molecule has 0 fully saturated rings. The van der Waals surface area contributed by atoms with E-state index in [1.165, 1.54) is 11.3 Å². The lowest BCUT2D eigenvalue weighted by atomic mass is 9.96. The maximum Gasteiger partial charge on any atom is 0.313 e. The predicted octanol–water partition coefficient (Wildman–Crippen LogP) is 3.28. The third-order valence-corrected chi connectivity index (χ3v) is 6.22. The summed E-state index contributed by atoms with van der Waals surface area (Å²) in [7, 11) is 6.08. The Hall–Kier alpha value is -3.45. The summed E-state index contributed by atoms with van der Waals surface area (Å²) in [6, 6.07) is 15.8. The first kappa shape index (κ1) is 22.7. The second kappa shape index (κ2) is 9.58. The Kier molecular flexibility index (Phi) is 6.60. The third-order valence-electron chi connectivity index (χ3n) is 6.22. The second-order valence-corrected chi connectivity index (χ2v) is 8.89. The SMILES string of the molecule is Cc1cc(NC(=O)C(=O)NC[C@H](c2ccc3c(c2)CCCN3C)N(C)C)c2ccccc2n1. The van der Waals surface area contributed by atoms with Gasteiger partial charge in [-0.15, -0.1) is 0 Å². The molecule has 0 aliphatic carbocycles. The summed E-state index contributed by atoms with van der Waals surface area (Å²) < 4.78 is 0. The molecule has 1 aromatic heterocycles. The van der Waals surface area contributed by atoms with E-state index in [1.54, 1.807) is 6.07 Å². The molecule has 7 nitrogen and oxygen atoms in total. The molecule has 0 unspecified atom stereocenters. The molecule has 0 bridgehead atoms. The predicted molar refractivity (Wildman–Crippen MR) is 133 cm³/mol. The fourth-order valence-electron chi connectivity index (χ4n) is 4.47. The van der Waals surface area contributed by atoms with Crippen LogP contribution in [0.5, 0.6) is 0 Å². The summed E-state index contributed by atoms with van der Waals surface area (Å²) in [6.45, 7) is 3.27. The molecule has 1 aliphatic rings. The Balaban J connectivity index is 1.45. The zero-order valence-corrected chi connectivity index (χ0v) is 19.7. The summed E-state index contributed by atoms with van der Waals surface area (Å²) in [5, 5.41) is 6.37. The van der Waals surface area contributed by atoms with Crippen molar-refractivity contribution >= 4 is 34.1 Å². The van der Waals surface area contributed by atoms with E-state index >= 15 is 0 Å². The number of aromatic nitrogens is 1. The highest BCUT2D eigenvalue weighted by Gasteiger charge is 2.22. The topological polar surface area (TPSA) is 77.6 Å². The van der Waals surface area contributed by atoms with Crippen LogP contribution in [0, 0.1) is 6.92 Å². The van der Waals surface area contributed by atoms with Crippen molar-refractivity contribution in [1.82, 2.24) is 15.2 Å². The Morgan fingerprint density at radius 3 is 2.70 bits per heavy atom. The third kappa shape index (κ3) is 4.98. The highest BCUT2D eigenvalue weighted by atomic mass is 16.2. The number of nitrogens with one attached hydrogen (secondary N) is 2. The van der Waals surface area contributed by atoms with Gasteiger partial charge in [-0.3, -0.25) is 14.6 Å². The largest absolute Gasteiger partial charge is 0.374 e. The molecular formula is C26H31N5O2. The number of hydrogen-bond acceptors (Lipinski definition) is 5. The quantitative estimate of drug-likeness (QED) is 0.590. The molecule has 33 heavy (non-hydrogen) atoms. The number of carbonyl (C=O) groups excluding carboxylic acids is 2. The average molecular weight is 446 g/mol. The van der Waals surface area contributed by atoms with E-state index in [1.807, 2.05) is 45.3 Å². The highest BCUT2D eigenvalue weighted by Crippen LogP contribution is 2.30. The Morgan fingerprint density at radius 1 is 1.12 bits per heavy atom. The van der Waals surface area contributed by atoms with Gasteiger partial charge in [0.15, 0.2) is 0 Å². The molecule has 2 amide bonds. The molecule has 172 valence electrons. The van der Waals surface area contributed by atoms with Crippen LogP contribution in [0.3, 0.4) is 0 Å². The van der Waals surface area contributed by atoms with E-state index in [9.17, 15) is 9.59 Å². The van der Waals surface area contributed by atoms with Crippen LogP contribution >= 0.6 is 0 Å². The van der Waals surface area contributed by atoms with E-state index in [4.69, 9.17) is 0 Å². The smallest absolute Gasteiger partial charge is 0.313 e. The fourth-order valence-corrected chi connectivity index (χ4v) is 4.47. The standard InChI is InChI=1S/C26H31N5O2/c1-17-14-22(20-9-5-6-10-21(20)28-17)29-26(33)25(32)27-16-24(30(2)3)19-11-12-23-18(15-19)8-7-13-31(23)4/h5-6,9-12,14-15,24H,7-8,13,16H2,1-4H3,(H,27,32)(H,28,29,33)/t24-/m1/s1. The Labute approximate surface area is 194 Å². The van der Waals surface area contributed by atoms with Crippen molar-refractivity contribution in [1.29, 1.82) is 0 Å². The molecular weight excluding hydrogens is 414 g/mol. The van der Waals surface area contributed by atoms with Crippen molar-refractivity contribution in [3.05, 3.63) is 65.4 Å². The van der Waals surface area contributed by atoms with E-state index in [-0.39, 0.29) is 6.04 Å². The number of aryl methyl sites for hydroxylation is 2. The number of amides is 2. The number of nitrogens with zero attached hydrogens (tertiary/aromatic N) is 3. The molecule has 0 spiro atoms. The van der Waals surface area contributed by atoms with Gasteiger partial charge in [0.05, 0.1) is 17.2 Å². The number of hydrogen-bond donors (Lipinski definition) is 2. The van der Waals surface area contributed by atoms with Crippen molar-refractivity contribution in [3.8, 4) is 0 Å². The summed E-state index contributed by atoms with van der Waals surface area (Å²) in [4.78, 5) is 34.1. The normalized spacial score (nSPS) is 14.2. The molecule has 0 saturated carbocycles. The van der Waals surface area contributed by atoms with Crippen LogP contribution in [0.1, 0.15) is 29.3 Å². The lowest BCUT2D eigenvalue weighted by molar-refractivity contribution is -0.136. The van der Waals surface area contributed by atoms with E-state index in [2.05, 4.69) is 50.7 Å². The number of pyridine rings is 1. The monoisotopic (exact) mass is 445 g/mol. The van der Waals surface area contributed by atoms with Gasteiger partial charge in [-0.2, -0.15) is 0 Å². The van der Waals surface area contributed by atoms with Crippen LogP contribution in [-0.2, 0) is 16.0 Å². The summed E-state index contributed by atoms with van der Waals surface area (Å²) in [5.41, 5.74) is 5.86. The highest BCUT2D eigenvalue weighted by molar-refractivity contribution is 6.40. The number of rotatable bonds is 5. The maximum atomic E-state index is 12.7. The van der Waals surface area contributed by atoms with Crippen LogP contribution in [0.4, 0.5) is 11.4 Å². The lowest BCUT2D eigenvalue weighted by Crippen LogP contribution is -2.40. The molecule has 1 aliphatic heterocycles. The van der Waals surface area contributed by atoms with Crippen molar-refractivity contribution in [2.24, 2.45) is 0 Å². The number of fused-ring (bicyclic) bond motifs is 2. The zero-order valence-electron chi connectivity index (χ0n) is 19.7. The van der Waals surface area contributed by atoms with Gasteiger partial charge in [-0.25, -0.2) is 0 Å². The number of carbonyl (C=O) groups is 2. The zero-order chi connectivity index (χ0) is 23.5. The average Bonchev–Trinajstić information content (AvgIpc) is 2.78. The number of likely N-dealkylation sites (N-methyl/N-ethyl adjacent to an activating group) is 1. The van der Waals surface area contributed by atoms with E-state index < -0.39 is 11.8 Å². The number of anilines is 2. The second-order valence-electron chi connectivity index (χ2n) is 8.89. The minimum atomic E-state index is -0.685. The maximum absolute atomic E-state index is 12.7. The van der Waals surface area contributed by atoms with Gasteiger partial charge in [0.1, 0.15) is 0 Å². The van der Waals surface area contributed by atoms with Crippen molar-refractivity contribution in [2.45, 2.75) is 25.8 Å². The molecule has 0 radical (unpaired) electrons. The van der Waals surface area contributed by atoms with Gasteiger partial charge in [0.25, 0.3) is 0 Å². The van der Waals surface area contributed by atoms with E-state index in [0.29, 0.717) is 12.2 Å². The molecule has 7 heteroatoms. The number of para-hydroxylation sites is 1. The molecule has 3 aromatic rings. The molecule has 2 N–H and O–H groups in total. The van der Waals surface area contributed by atoms with Gasteiger partial charge in [0.2, 0.25) is 0 Å². The molecule has 2 heterocycles. The van der Waals surface area contributed by atoms with Gasteiger partial charge in [-0.05, 0) is 63.2 Å². The van der Waals surface area contributed by atoms with Crippen LogP contribution < -0.4 is 15.5 Å². The first-order valence-corrected chi connectivity index (χ1v) is 11.3. The summed E-state index contributed by atoms with van der Waals surface area (Å²) >= 11 is 0. The minimum absolute atomic E-state index is 0.0386. The molecule has 1 atom stereocenters. The summed E-state index contributed by atoms with van der Waals surface area (Å²) in [6.07, 6.45) is 2.20. The van der Waals surface area contributed by atoms with Gasteiger partial charge in [0, 0.05) is 36.9 Å². The van der Waals surface area contributed by atoms with Gasteiger partial charge in [-0.1, -0.05) is 30.3 Å². The van der Waals surface area contributed by atoms with Crippen LogP contribution in [0.2, 0.25) is 0 Å². The first-order chi connectivity index (χ1) is 15.8. The Morgan fingerprint density at radius 2 is 1.91 bits per heavy atom. The van der Waals surface area contributed by atoms with Crippen LogP contribution in [-0.4, -0.2) is 55.9 Å². The lowest BCUT2D eigenvalue weighted by Gasteiger charge is -2.30. The van der Waals surface area contributed by atoms with Crippen LogP contribution in [0.25, 0.3) is 10.9 Å². The molecule has 0 saturated heterocycles. The van der Waals surface area contributed by atoms with Gasteiger partial charge >= 0.3 is 11.8 Å². The van der Waals surface area contributed by atoms with Crippen LogP contribution in [0.15, 0.2) is 48.5 Å². The van der Waals surface area contributed by atoms with Gasteiger partial charge < -0.3 is 20.4 Å². The number of benzene rings is 2. The summed E-state index contributed by atoms with van der Waals surface area (Å²) in [5.74, 6) is -1.34.